The van der Waals surface area contributed by atoms with E-state index in [1.165, 1.54) is 12.8 Å². The Kier molecular flexibility index (Phi) is 4.90. The fourth-order valence-electron chi connectivity index (χ4n) is 2.50. The Hall–Kier alpha value is -0.550. The van der Waals surface area contributed by atoms with Gasteiger partial charge in [-0.1, -0.05) is 44.7 Å². The molecule has 1 aliphatic carbocycles. The monoisotopic (exact) mass is 389 g/mol. The summed E-state index contributed by atoms with van der Waals surface area (Å²) in [5.74, 6) is 0.528. The summed E-state index contributed by atoms with van der Waals surface area (Å²) in [5.41, 5.74) is 0.479. The van der Waals surface area contributed by atoms with Crippen LogP contribution in [-0.4, -0.2) is 23.9 Å². The number of halogens is 2. The molecule has 0 aromatic heterocycles. The molecular formula is C14H17Br2NO2. The van der Waals surface area contributed by atoms with Gasteiger partial charge in [0.2, 0.25) is 0 Å². The van der Waals surface area contributed by atoms with E-state index in [1.807, 2.05) is 12.1 Å². The van der Waals surface area contributed by atoms with Crippen LogP contribution < -0.4 is 10.1 Å². The van der Waals surface area contributed by atoms with Crippen molar-refractivity contribution in [3.8, 4) is 5.75 Å². The van der Waals surface area contributed by atoms with Crippen LogP contribution in [0.3, 0.4) is 0 Å². The quantitative estimate of drug-likeness (QED) is 0.792. The lowest BCUT2D eigenvalue weighted by molar-refractivity contribution is 0.0907. The molecule has 0 saturated heterocycles. The van der Waals surface area contributed by atoms with E-state index in [0.717, 1.165) is 22.6 Å². The number of hydrogen-bond acceptors (Lipinski definition) is 2. The van der Waals surface area contributed by atoms with Gasteiger partial charge in [0.05, 0.1) is 18.2 Å². The molecule has 3 nitrogen and oxygen atoms in total. The van der Waals surface area contributed by atoms with Crippen LogP contribution in [0, 0.1) is 0 Å². The average Bonchev–Trinajstić information content (AvgIpc) is 2.87. The van der Waals surface area contributed by atoms with Crippen LogP contribution in [0.2, 0.25) is 0 Å². The van der Waals surface area contributed by atoms with Gasteiger partial charge in [-0.25, -0.2) is 0 Å². The molecule has 0 atom stereocenters. The maximum absolute atomic E-state index is 12.4. The van der Waals surface area contributed by atoms with Crippen molar-refractivity contribution in [3.63, 3.8) is 0 Å². The zero-order chi connectivity index (χ0) is 13.9. The van der Waals surface area contributed by atoms with Gasteiger partial charge in [-0.2, -0.15) is 0 Å². The fourth-order valence-corrected chi connectivity index (χ4v) is 3.55. The third-order valence-electron chi connectivity index (χ3n) is 3.60. The van der Waals surface area contributed by atoms with Crippen molar-refractivity contribution in [2.75, 3.05) is 12.4 Å². The van der Waals surface area contributed by atoms with Crippen molar-refractivity contribution in [1.29, 1.82) is 0 Å². The number of alkyl halides is 1. The number of carbonyl (C=O) groups excluding carboxylic acids is 1. The minimum Gasteiger partial charge on any atom is -0.496 e. The minimum atomic E-state index is -0.102. The first-order chi connectivity index (χ1) is 9.10. The van der Waals surface area contributed by atoms with Crippen molar-refractivity contribution in [3.05, 3.63) is 28.2 Å². The molecule has 1 amide bonds. The molecule has 1 N–H and O–H groups in total. The van der Waals surface area contributed by atoms with Crippen molar-refractivity contribution >= 4 is 37.8 Å². The second kappa shape index (κ2) is 6.27. The van der Waals surface area contributed by atoms with E-state index < -0.39 is 0 Å². The summed E-state index contributed by atoms with van der Waals surface area (Å²) in [4.78, 5) is 12.4. The predicted octanol–water partition coefficient (Wildman–Crippen LogP) is 3.90. The Morgan fingerprint density at radius 3 is 2.68 bits per heavy atom. The van der Waals surface area contributed by atoms with Crippen LogP contribution in [0.1, 0.15) is 36.0 Å². The lowest BCUT2D eigenvalue weighted by atomic mass is 10.00. The number of rotatable bonds is 4. The highest BCUT2D eigenvalue weighted by molar-refractivity contribution is 9.10. The number of methoxy groups -OCH3 is 1. The summed E-state index contributed by atoms with van der Waals surface area (Å²) in [6.45, 7) is 0. The molecule has 0 spiro atoms. The van der Waals surface area contributed by atoms with E-state index in [9.17, 15) is 4.79 Å². The summed E-state index contributed by atoms with van der Waals surface area (Å²) in [6, 6.07) is 5.45. The van der Waals surface area contributed by atoms with E-state index in [0.29, 0.717) is 11.3 Å². The van der Waals surface area contributed by atoms with Crippen molar-refractivity contribution in [2.45, 2.75) is 31.2 Å². The average molecular weight is 391 g/mol. The second-order valence-electron chi connectivity index (χ2n) is 4.92. The molecule has 1 aliphatic rings. The van der Waals surface area contributed by atoms with E-state index in [1.54, 1.807) is 13.2 Å². The van der Waals surface area contributed by atoms with Crippen LogP contribution in [0.4, 0.5) is 0 Å². The van der Waals surface area contributed by atoms with Gasteiger partial charge < -0.3 is 10.1 Å². The molecule has 1 saturated carbocycles. The van der Waals surface area contributed by atoms with Crippen LogP contribution in [-0.2, 0) is 0 Å². The van der Waals surface area contributed by atoms with Crippen LogP contribution in [0.25, 0.3) is 0 Å². The number of nitrogens with one attached hydrogen (secondary N) is 1. The van der Waals surface area contributed by atoms with Gasteiger partial charge >= 0.3 is 0 Å². The molecule has 19 heavy (non-hydrogen) atoms. The molecule has 1 aromatic carbocycles. The second-order valence-corrected chi connectivity index (χ2v) is 6.40. The molecule has 0 heterocycles. The van der Waals surface area contributed by atoms with E-state index in [-0.39, 0.29) is 11.4 Å². The first-order valence-electron chi connectivity index (χ1n) is 6.32. The lowest BCUT2D eigenvalue weighted by Gasteiger charge is -2.28. The van der Waals surface area contributed by atoms with Gasteiger partial charge in [0, 0.05) is 9.80 Å². The zero-order valence-corrected chi connectivity index (χ0v) is 14.0. The van der Waals surface area contributed by atoms with Gasteiger partial charge in [0.1, 0.15) is 5.75 Å². The van der Waals surface area contributed by atoms with Gasteiger partial charge in [0.25, 0.3) is 5.91 Å². The highest BCUT2D eigenvalue weighted by Gasteiger charge is 2.34. The molecule has 0 radical (unpaired) electrons. The molecule has 0 bridgehead atoms. The smallest absolute Gasteiger partial charge is 0.255 e. The number of benzene rings is 1. The Bertz CT molecular complexity index is 471. The summed E-state index contributed by atoms with van der Waals surface area (Å²) >= 11 is 6.91. The van der Waals surface area contributed by atoms with Crippen LogP contribution in [0.5, 0.6) is 5.75 Å². The van der Waals surface area contributed by atoms with Crippen molar-refractivity contribution < 1.29 is 9.53 Å². The Labute approximate surface area is 130 Å². The maximum atomic E-state index is 12.4. The molecular weight excluding hydrogens is 374 g/mol. The summed E-state index contributed by atoms with van der Waals surface area (Å²) < 4.78 is 6.18. The molecule has 0 aliphatic heterocycles. The van der Waals surface area contributed by atoms with Gasteiger partial charge in [-0.05, 0) is 31.0 Å². The fraction of sp³-hybridized carbons (Fsp3) is 0.500. The van der Waals surface area contributed by atoms with Crippen molar-refractivity contribution in [2.24, 2.45) is 0 Å². The Morgan fingerprint density at radius 2 is 2.11 bits per heavy atom. The Balaban J connectivity index is 2.20. The molecule has 0 unspecified atom stereocenters. The first kappa shape index (κ1) is 14.9. The highest BCUT2D eigenvalue weighted by Crippen LogP contribution is 2.32. The van der Waals surface area contributed by atoms with Gasteiger partial charge in [-0.15, -0.1) is 0 Å². The predicted molar refractivity (Wildman–Crippen MR) is 83.2 cm³/mol. The SMILES string of the molecule is COc1cc(Br)ccc1C(=O)NC1(CBr)CCCC1. The maximum Gasteiger partial charge on any atom is 0.255 e. The summed E-state index contributed by atoms with van der Waals surface area (Å²) in [6.07, 6.45) is 4.40. The normalized spacial score (nSPS) is 17.2. The summed E-state index contributed by atoms with van der Waals surface area (Å²) in [7, 11) is 1.58. The molecule has 2 rings (SSSR count). The van der Waals surface area contributed by atoms with E-state index in [4.69, 9.17) is 4.74 Å². The van der Waals surface area contributed by atoms with Crippen LogP contribution >= 0.6 is 31.9 Å². The molecule has 1 fully saturated rings. The van der Waals surface area contributed by atoms with E-state index >= 15 is 0 Å². The zero-order valence-electron chi connectivity index (χ0n) is 10.8. The lowest BCUT2D eigenvalue weighted by Crippen LogP contribution is -2.47. The third-order valence-corrected chi connectivity index (χ3v) is 5.17. The summed E-state index contributed by atoms with van der Waals surface area (Å²) in [5, 5.41) is 3.97. The van der Waals surface area contributed by atoms with Crippen molar-refractivity contribution in [1.82, 2.24) is 5.32 Å². The van der Waals surface area contributed by atoms with Crippen LogP contribution in [0.15, 0.2) is 22.7 Å². The number of amides is 1. The Morgan fingerprint density at radius 1 is 1.42 bits per heavy atom. The standard InChI is InChI=1S/C14H17Br2NO2/c1-19-12-8-10(16)4-5-11(12)13(18)17-14(9-15)6-2-3-7-14/h4-5,8H,2-3,6-7,9H2,1H3,(H,17,18). The molecule has 1 aromatic rings. The number of hydrogen-bond donors (Lipinski definition) is 1. The van der Waals surface area contributed by atoms with E-state index in [2.05, 4.69) is 37.2 Å². The highest BCUT2D eigenvalue weighted by atomic mass is 79.9. The van der Waals surface area contributed by atoms with Gasteiger partial charge in [0.15, 0.2) is 0 Å². The molecule has 104 valence electrons. The largest absolute Gasteiger partial charge is 0.496 e. The first-order valence-corrected chi connectivity index (χ1v) is 8.24. The third kappa shape index (κ3) is 3.31. The van der Waals surface area contributed by atoms with Gasteiger partial charge in [-0.3, -0.25) is 4.79 Å². The topological polar surface area (TPSA) is 38.3 Å². The number of carbonyl (C=O) groups is 1. The number of ether oxygens (including phenoxy) is 1. The molecule has 5 heteroatoms. The minimum absolute atomic E-state index is 0.0642.